The molecule has 0 spiro atoms. The molecule has 0 fully saturated rings. The van der Waals surface area contributed by atoms with E-state index in [1.54, 1.807) is 6.07 Å². The zero-order chi connectivity index (χ0) is 30.1. The van der Waals surface area contributed by atoms with Gasteiger partial charge in [0.25, 0.3) is 0 Å². The smallest absolute Gasteiger partial charge is 0.394 e. The Morgan fingerprint density at radius 1 is 0.512 bits per heavy atom. The lowest BCUT2D eigenvalue weighted by Gasteiger charge is -2.18. The van der Waals surface area contributed by atoms with Crippen molar-refractivity contribution in [2.75, 3.05) is 0 Å². The molecule has 1 unspecified atom stereocenters. The summed E-state index contributed by atoms with van der Waals surface area (Å²) in [5.41, 5.74) is -0.556. The summed E-state index contributed by atoms with van der Waals surface area (Å²) in [5.74, 6) is -0.100. The largest absolute Gasteiger partial charge is 0.508 e. The predicted octanol–water partition coefficient (Wildman–Crippen LogP) is 11.2. The van der Waals surface area contributed by atoms with Crippen molar-refractivity contribution in [1.82, 2.24) is 0 Å². The van der Waals surface area contributed by atoms with Gasteiger partial charge in [0.2, 0.25) is 0 Å². The molecule has 0 aromatic heterocycles. The number of fused-ring (bicyclic) bond motifs is 4. The number of hydrogen-bond donors (Lipinski definition) is 0. The van der Waals surface area contributed by atoms with Crippen molar-refractivity contribution >= 4 is 54.2 Å². The molecular formula is C37H27F3O2S. The normalized spacial score (nSPS) is 12.3. The summed E-state index contributed by atoms with van der Waals surface area (Å²) in [7, 11) is 0. The first kappa shape index (κ1) is 28.4. The molecule has 7 aromatic carbocycles. The summed E-state index contributed by atoms with van der Waals surface area (Å²) in [5, 5.41) is 8.37. The third-order valence-corrected chi connectivity index (χ3v) is 8.15. The summed E-state index contributed by atoms with van der Waals surface area (Å²) >= 11 is -3.42. The van der Waals surface area contributed by atoms with Crippen molar-refractivity contribution in [1.29, 1.82) is 0 Å². The van der Waals surface area contributed by atoms with Crippen molar-refractivity contribution in [2.45, 2.75) is 19.4 Å². The first-order valence-corrected chi connectivity index (χ1v) is 15.1. The second-order valence-electron chi connectivity index (χ2n) is 9.89. The number of halogens is 3. The Morgan fingerprint density at radius 3 is 1.42 bits per heavy atom. The fourth-order valence-corrected chi connectivity index (χ4v) is 6.03. The molecule has 0 aliphatic carbocycles. The van der Waals surface area contributed by atoms with Crippen LogP contribution >= 0.6 is 0 Å². The molecule has 0 aliphatic heterocycles. The molecule has 0 radical (unpaired) electrons. The standard InChI is InChI=1S/C35H21F3O2S.C2H6/c36-35(37,38)41(39)40-28-18-17-24-20-27(16-14-25(24)21-28)34-31-11-5-3-9-29(31)33(30-10-4-6-12-32(30)34)26-15-13-22-7-1-2-8-23(22)19-26;1-2/h1-21H;1-2H3. The van der Waals surface area contributed by atoms with Crippen LogP contribution in [0.15, 0.2) is 127 Å². The van der Waals surface area contributed by atoms with Crippen LogP contribution in [0.25, 0.3) is 65.3 Å². The lowest BCUT2D eigenvalue weighted by molar-refractivity contribution is -0.0437. The number of rotatable bonds is 4. The van der Waals surface area contributed by atoms with Crippen molar-refractivity contribution in [3.8, 4) is 28.0 Å². The highest BCUT2D eigenvalue weighted by Crippen LogP contribution is 2.44. The monoisotopic (exact) mass is 592 g/mol. The number of benzene rings is 7. The molecular weight excluding hydrogens is 565 g/mol. The van der Waals surface area contributed by atoms with E-state index in [2.05, 4.69) is 77.0 Å². The first-order chi connectivity index (χ1) is 20.9. The van der Waals surface area contributed by atoms with Crippen LogP contribution in [0.3, 0.4) is 0 Å². The van der Waals surface area contributed by atoms with Crippen molar-refractivity contribution in [3.05, 3.63) is 127 Å². The van der Waals surface area contributed by atoms with Crippen LogP contribution in [0, 0.1) is 0 Å². The Hall–Kier alpha value is -4.68. The predicted molar refractivity (Wildman–Crippen MR) is 174 cm³/mol. The van der Waals surface area contributed by atoms with Crippen LogP contribution in [0.4, 0.5) is 13.2 Å². The van der Waals surface area contributed by atoms with E-state index in [9.17, 15) is 17.4 Å². The minimum atomic E-state index is -4.94. The lowest BCUT2D eigenvalue weighted by Crippen LogP contribution is -2.20. The van der Waals surface area contributed by atoms with Gasteiger partial charge in [-0.25, -0.2) is 4.21 Å². The molecule has 0 aliphatic rings. The third kappa shape index (κ3) is 5.35. The summed E-state index contributed by atoms with van der Waals surface area (Å²) in [6, 6.07) is 42.1. The van der Waals surface area contributed by atoms with Crippen LogP contribution in [-0.2, 0) is 11.1 Å². The van der Waals surface area contributed by atoms with E-state index in [0.717, 1.165) is 43.6 Å². The van der Waals surface area contributed by atoms with Crippen LogP contribution in [0.1, 0.15) is 13.8 Å². The van der Waals surface area contributed by atoms with Gasteiger partial charge in [-0.15, -0.1) is 0 Å². The molecule has 1 atom stereocenters. The molecule has 2 nitrogen and oxygen atoms in total. The molecule has 7 rings (SSSR count). The van der Waals surface area contributed by atoms with Gasteiger partial charge in [0.15, 0.2) is 0 Å². The van der Waals surface area contributed by atoms with E-state index >= 15 is 0 Å². The fraction of sp³-hybridized carbons (Fsp3) is 0.0811. The van der Waals surface area contributed by atoms with Crippen LogP contribution in [0.5, 0.6) is 5.75 Å². The van der Waals surface area contributed by atoms with Gasteiger partial charge in [-0.1, -0.05) is 117 Å². The Kier molecular flexibility index (Phi) is 7.63. The topological polar surface area (TPSA) is 26.3 Å². The fourth-order valence-electron chi connectivity index (χ4n) is 5.66. The summed E-state index contributed by atoms with van der Waals surface area (Å²) < 4.78 is 54.2. The zero-order valence-corrected chi connectivity index (χ0v) is 24.3. The van der Waals surface area contributed by atoms with Crippen LogP contribution in [-0.4, -0.2) is 9.72 Å². The van der Waals surface area contributed by atoms with E-state index in [1.165, 1.54) is 28.5 Å². The van der Waals surface area contributed by atoms with E-state index < -0.39 is 16.6 Å². The van der Waals surface area contributed by atoms with Gasteiger partial charge in [-0.3, -0.25) is 0 Å². The van der Waals surface area contributed by atoms with Crippen molar-refractivity contribution in [3.63, 3.8) is 0 Å². The minimum Gasteiger partial charge on any atom is -0.394 e. The van der Waals surface area contributed by atoms with Crippen molar-refractivity contribution in [2.24, 2.45) is 0 Å². The molecule has 6 heteroatoms. The average Bonchev–Trinajstić information content (AvgIpc) is 3.03. The third-order valence-electron chi connectivity index (χ3n) is 7.43. The Balaban J connectivity index is 0.00000161. The van der Waals surface area contributed by atoms with Gasteiger partial charge in [-0.2, -0.15) is 13.2 Å². The Morgan fingerprint density at radius 2 is 0.907 bits per heavy atom. The minimum absolute atomic E-state index is 0.100. The zero-order valence-electron chi connectivity index (χ0n) is 23.5. The molecule has 43 heavy (non-hydrogen) atoms. The molecule has 0 saturated heterocycles. The van der Waals surface area contributed by atoms with Crippen LogP contribution in [0.2, 0.25) is 0 Å². The van der Waals surface area contributed by atoms with E-state index in [0.29, 0.717) is 5.39 Å². The van der Waals surface area contributed by atoms with Gasteiger partial charge in [0.1, 0.15) is 5.75 Å². The second kappa shape index (κ2) is 11.5. The van der Waals surface area contributed by atoms with Gasteiger partial charge < -0.3 is 4.18 Å². The highest BCUT2D eigenvalue weighted by Gasteiger charge is 2.40. The highest BCUT2D eigenvalue weighted by molar-refractivity contribution is 7.81. The maximum absolute atomic E-state index is 12.7. The van der Waals surface area contributed by atoms with E-state index in [1.807, 2.05) is 50.2 Å². The Bertz CT molecular complexity index is 2090. The maximum Gasteiger partial charge on any atom is 0.508 e. The van der Waals surface area contributed by atoms with Crippen molar-refractivity contribution < 1.29 is 21.6 Å². The lowest BCUT2D eigenvalue weighted by atomic mass is 9.85. The van der Waals surface area contributed by atoms with E-state index in [4.69, 9.17) is 0 Å². The second-order valence-corrected chi connectivity index (χ2v) is 11.0. The average molecular weight is 593 g/mol. The molecule has 0 amide bonds. The van der Waals surface area contributed by atoms with Crippen LogP contribution < -0.4 is 4.18 Å². The van der Waals surface area contributed by atoms with E-state index in [-0.39, 0.29) is 5.75 Å². The molecule has 0 saturated carbocycles. The molecule has 7 aromatic rings. The number of hydrogen-bond acceptors (Lipinski definition) is 2. The molecule has 0 heterocycles. The maximum atomic E-state index is 12.7. The molecule has 214 valence electrons. The summed E-state index contributed by atoms with van der Waals surface area (Å²) in [6.45, 7) is 4.00. The quantitative estimate of drug-likeness (QED) is 0.190. The summed E-state index contributed by atoms with van der Waals surface area (Å²) in [6.07, 6.45) is 0. The van der Waals surface area contributed by atoms with Gasteiger partial charge in [-0.05, 0) is 89.6 Å². The molecule has 0 bridgehead atoms. The summed E-state index contributed by atoms with van der Waals surface area (Å²) in [4.78, 5) is 0. The van der Waals surface area contributed by atoms with Gasteiger partial charge >= 0.3 is 16.6 Å². The molecule has 0 N–H and O–H groups in total. The first-order valence-electron chi connectivity index (χ1n) is 14.0. The highest BCUT2D eigenvalue weighted by atomic mass is 32.2. The SMILES string of the molecule is CC.O=S(Oc1ccc2cc(-c3c4ccccc4c(-c4ccc5ccccc5c4)c4ccccc34)ccc2c1)C(F)(F)F. The van der Waals surface area contributed by atoms with Gasteiger partial charge in [0, 0.05) is 0 Å². The Labute approximate surface area is 250 Å². The van der Waals surface area contributed by atoms with Gasteiger partial charge in [0.05, 0.1) is 0 Å². The number of alkyl halides is 3.